The zero-order chi connectivity index (χ0) is 13.7. The van der Waals surface area contributed by atoms with Crippen molar-refractivity contribution in [3.05, 3.63) is 29.8 Å². The highest BCUT2D eigenvalue weighted by molar-refractivity contribution is 5.99. The quantitative estimate of drug-likeness (QED) is 0.409. The topological polar surface area (TPSA) is 107 Å². The van der Waals surface area contributed by atoms with Crippen LogP contribution in [0, 0.1) is 0 Å². The maximum Gasteiger partial charge on any atom is 0.194 e. The van der Waals surface area contributed by atoms with Crippen molar-refractivity contribution in [2.45, 2.75) is 32.0 Å². The monoisotopic (exact) mass is 256 g/mol. The molecule has 0 fully saturated rings. The summed E-state index contributed by atoms with van der Waals surface area (Å²) in [6.45, 7) is 1.45. The van der Waals surface area contributed by atoms with Gasteiger partial charge in [0.25, 0.3) is 0 Å². The Kier molecular flexibility index (Phi) is 5.24. The van der Waals surface area contributed by atoms with Crippen molar-refractivity contribution in [3.63, 3.8) is 0 Å². The number of benzene rings is 1. The van der Waals surface area contributed by atoms with Gasteiger partial charge in [-0.2, -0.15) is 0 Å². The molecule has 1 aromatic carbocycles. The van der Waals surface area contributed by atoms with Gasteiger partial charge in [-0.15, -0.1) is 0 Å². The maximum atomic E-state index is 11.7. The van der Waals surface area contributed by atoms with Gasteiger partial charge < -0.3 is 25.2 Å². The molecule has 0 aliphatic heterocycles. The van der Waals surface area contributed by atoms with Crippen molar-refractivity contribution >= 4 is 5.78 Å². The number of aliphatic hydroxyl groups excluding tert-OH is 3. The number of Topliss-reactive ketones (excluding diaryl/α,β-unsaturated/α-hetero) is 1. The summed E-state index contributed by atoms with van der Waals surface area (Å²) in [5.74, 6) is -0.218. The van der Waals surface area contributed by atoms with Crippen LogP contribution in [0.3, 0.4) is 0 Å². The van der Waals surface area contributed by atoms with Gasteiger partial charge in [0.15, 0.2) is 18.4 Å². The Morgan fingerprint density at radius 1 is 1.17 bits per heavy atom. The SMILES string of the molecule is CC(O)Oc1ccc(C(=O)C(O)CC(O)O)cc1. The summed E-state index contributed by atoms with van der Waals surface area (Å²) in [5, 5.41) is 35.7. The minimum atomic E-state index is -1.73. The molecule has 100 valence electrons. The van der Waals surface area contributed by atoms with Gasteiger partial charge in [-0.05, 0) is 31.2 Å². The molecule has 6 nitrogen and oxygen atoms in total. The fourth-order valence-corrected chi connectivity index (χ4v) is 1.39. The number of hydrogen-bond acceptors (Lipinski definition) is 6. The molecule has 0 bridgehead atoms. The molecule has 0 aliphatic rings. The molecule has 1 aromatic rings. The van der Waals surface area contributed by atoms with Gasteiger partial charge >= 0.3 is 0 Å². The number of hydrogen-bond donors (Lipinski definition) is 4. The van der Waals surface area contributed by atoms with E-state index in [0.717, 1.165) is 0 Å². The van der Waals surface area contributed by atoms with Crippen LogP contribution in [0.15, 0.2) is 24.3 Å². The fourth-order valence-electron chi connectivity index (χ4n) is 1.39. The molecule has 2 atom stereocenters. The highest BCUT2D eigenvalue weighted by Crippen LogP contribution is 2.15. The first kappa shape index (κ1) is 14.6. The van der Waals surface area contributed by atoms with Crippen LogP contribution >= 0.6 is 0 Å². The van der Waals surface area contributed by atoms with E-state index in [1.807, 2.05) is 0 Å². The van der Waals surface area contributed by atoms with Crippen molar-refractivity contribution in [3.8, 4) is 5.75 Å². The van der Waals surface area contributed by atoms with Crippen LogP contribution < -0.4 is 4.74 Å². The number of carbonyl (C=O) groups is 1. The molecule has 0 heterocycles. The number of aliphatic hydroxyl groups is 4. The normalized spacial score (nSPS) is 14.3. The van der Waals surface area contributed by atoms with Gasteiger partial charge in [0.2, 0.25) is 0 Å². The summed E-state index contributed by atoms with van der Waals surface area (Å²) in [4.78, 5) is 11.7. The average Bonchev–Trinajstić information content (AvgIpc) is 2.27. The van der Waals surface area contributed by atoms with E-state index < -0.39 is 30.9 Å². The smallest absolute Gasteiger partial charge is 0.194 e. The molecule has 4 N–H and O–H groups in total. The third kappa shape index (κ3) is 4.42. The molecule has 18 heavy (non-hydrogen) atoms. The average molecular weight is 256 g/mol. The second kappa shape index (κ2) is 6.46. The van der Waals surface area contributed by atoms with Gasteiger partial charge in [-0.1, -0.05) is 0 Å². The van der Waals surface area contributed by atoms with Crippen LogP contribution in [0.25, 0.3) is 0 Å². The Morgan fingerprint density at radius 2 is 1.72 bits per heavy atom. The molecular weight excluding hydrogens is 240 g/mol. The second-order valence-electron chi connectivity index (χ2n) is 3.84. The Bertz CT molecular complexity index is 384. The number of ether oxygens (including phenoxy) is 1. The number of rotatable bonds is 6. The van der Waals surface area contributed by atoms with Crippen LogP contribution in [0.2, 0.25) is 0 Å². The van der Waals surface area contributed by atoms with Gasteiger partial charge in [0.05, 0.1) is 0 Å². The summed E-state index contributed by atoms with van der Waals surface area (Å²) in [6, 6.07) is 5.80. The maximum absolute atomic E-state index is 11.7. The minimum Gasteiger partial charge on any atom is -0.465 e. The predicted octanol–water partition coefficient (Wildman–Crippen LogP) is -0.352. The summed E-state index contributed by atoms with van der Waals surface area (Å²) in [7, 11) is 0. The molecule has 0 amide bonds. The van der Waals surface area contributed by atoms with E-state index in [2.05, 4.69) is 0 Å². The first-order chi connectivity index (χ1) is 8.40. The molecule has 0 aromatic heterocycles. The van der Waals surface area contributed by atoms with Crippen molar-refractivity contribution in [1.82, 2.24) is 0 Å². The lowest BCUT2D eigenvalue weighted by molar-refractivity contribution is -0.0647. The lowest BCUT2D eigenvalue weighted by Crippen LogP contribution is -2.25. The van der Waals surface area contributed by atoms with Gasteiger partial charge in [-0.25, -0.2) is 0 Å². The fraction of sp³-hybridized carbons (Fsp3) is 0.417. The lowest BCUT2D eigenvalue weighted by Gasteiger charge is -2.12. The molecule has 6 heteroatoms. The predicted molar refractivity (Wildman–Crippen MR) is 61.9 cm³/mol. The molecule has 0 saturated heterocycles. The van der Waals surface area contributed by atoms with E-state index in [1.165, 1.54) is 31.2 Å². The zero-order valence-corrected chi connectivity index (χ0v) is 9.85. The molecule has 0 spiro atoms. The Hall–Kier alpha value is -1.47. The van der Waals surface area contributed by atoms with E-state index in [-0.39, 0.29) is 5.56 Å². The van der Waals surface area contributed by atoms with E-state index >= 15 is 0 Å². The van der Waals surface area contributed by atoms with Crippen LogP contribution in [0.5, 0.6) is 5.75 Å². The summed E-state index contributed by atoms with van der Waals surface area (Å²) < 4.78 is 4.98. The molecule has 1 rings (SSSR count). The largest absolute Gasteiger partial charge is 0.465 e. The van der Waals surface area contributed by atoms with Crippen molar-refractivity contribution in [2.75, 3.05) is 0 Å². The number of carbonyl (C=O) groups excluding carboxylic acids is 1. The van der Waals surface area contributed by atoms with Crippen LogP contribution in [-0.2, 0) is 0 Å². The Labute approximate surface area is 104 Å². The van der Waals surface area contributed by atoms with Crippen LogP contribution in [-0.4, -0.2) is 44.9 Å². The third-order valence-electron chi connectivity index (χ3n) is 2.18. The first-order valence-corrected chi connectivity index (χ1v) is 5.43. The Morgan fingerprint density at radius 3 is 2.17 bits per heavy atom. The molecule has 2 unspecified atom stereocenters. The first-order valence-electron chi connectivity index (χ1n) is 5.43. The molecule has 0 saturated carbocycles. The van der Waals surface area contributed by atoms with E-state index in [1.54, 1.807) is 0 Å². The highest BCUT2D eigenvalue weighted by atomic mass is 16.6. The van der Waals surface area contributed by atoms with Gasteiger partial charge in [0.1, 0.15) is 11.9 Å². The third-order valence-corrected chi connectivity index (χ3v) is 2.18. The highest BCUT2D eigenvalue weighted by Gasteiger charge is 2.19. The van der Waals surface area contributed by atoms with Crippen molar-refractivity contribution in [2.24, 2.45) is 0 Å². The van der Waals surface area contributed by atoms with Gasteiger partial charge in [-0.3, -0.25) is 4.79 Å². The minimum absolute atomic E-state index is 0.223. The van der Waals surface area contributed by atoms with Crippen molar-refractivity contribution in [1.29, 1.82) is 0 Å². The van der Waals surface area contributed by atoms with E-state index in [4.69, 9.17) is 20.1 Å². The summed E-state index contributed by atoms with van der Waals surface area (Å²) >= 11 is 0. The van der Waals surface area contributed by atoms with Crippen molar-refractivity contribution < 1.29 is 30.0 Å². The molecule has 0 radical (unpaired) electrons. The standard InChI is InChI=1S/C12H16O6/c1-7(13)18-9-4-2-8(3-5-9)12(17)10(14)6-11(15)16/h2-5,7,10-11,13-16H,6H2,1H3. The van der Waals surface area contributed by atoms with E-state index in [0.29, 0.717) is 5.75 Å². The van der Waals surface area contributed by atoms with Crippen LogP contribution in [0.1, 0.15) is 23.7 Å². The summed E-state index contributed by atoms with van der Waals surface area (Å²) in [6.07, 6.45) is -4.60. The Balaban J connectivity index is 2.69. The van der Waals surface area contributed by atoms with Crippen LogP contribution in [0.4, 0.5) is 0 Å². The molecular formula is C12H16O6. The second-order valence-corrected chi connectivity index (χ2v) is 3.84. The molecule has 0 aliphatic carbocycles. The van der Waals surface area contributed by atoms with Gasteiger partial charge in [0, 0.05) is 12.0 Å². The number of ketones is 1. The summed E-state index contributed by atoms with van der Waals surface area (Å²) in [5.41, 5.74) is 0.223. The zero-order valence-electron chi connectivity index (χ0n) is 9.85. The lowest BCUT2D eigenvalue weighted by atomic mass is 10.0. The van der Waals surface area contributed by atoms with E-state index in [9.17, 15) is 9.90 Å².